The Bertz CT molecular complexity index is 246. The molecule has 0 unspecified atom stereocenters. The first-order valence-corrected chi connectivity index (χ1v) is 4.73. The molecule has 0 atom stereocenters. The maximum Gasteiger partial charge on any atom is 0.187 e. The van der Waals surface area contributed by atoms with E-state index in [9.17, 15) is 4.79 Å². The fraction of sp³-hybridized carbons (Fsp3) is 0.167. The van der Waals surface area contributed by atoms with E-state index in [1.165, 1.54) is 11.3 Å². The Morgan fingerprint density at radius 2 is 2.40 bits per heavy atom. The first-order valence-electron chi connectivity index (χ1n) is 2.58. The van der Waals surface area contributed by atoms with E-state index in [0.29, 0.717) is 4.88 Å². The average Bonchev–Trinajstić information content (AvgIpc) is 2.34. The van der Waals surface area contributed by atoms with Crippen molar-refractivity contribution in [1.82, 2.24) is 0 Å². The van der Waals surface area contributed by atoms with Gasteiger partial charge in [-0.25, -0.2) is 0 Å². The molecular weight excluding hydrogens is 235 g/mol. The van der Waals surface area contributed by atoms with E-state index in [1.54, 1.807) is 6.07 Å². The van der Waals surface area contributed by atoms with Crippen molar-refractivity contribution in [3.05, 3.63) is 20.8 Å². The van der Waals surface area contributed by atoms with E-state index in [0.717, 1.165) is 3.79 Å². The first-order chi connectivity index (χ1) is 4.74. The Morgan fingerprint density at radius 1 is 1.70 bits per heavy atom. The zero-order valence-corrected chi connectivity index (χ0v) is 8.09. The highest BCUT2D eigenvalue weighted by Gasteiger charge is 2.05. The van der Waals surface area contributed by atoms with Crippen molar-refractivity contribution in [2.75, 3.05) is 5.88 Å². The molecule has 0 saturated carbocycles. The maximum atomic E-state index is 10.9. The Labute approximate surface area is 76.1 Å². The van der Waals surface area contributed by atoms with Crippen LogP contribution in [-0.4, -0.2) is 11.7 Å². The van der Waals surface area contributed by atoms with Gasteiger partial charge in [-0.3, -0.25) is 4.79 Å². The van der Waals surface area contributed by atoms with E-state index in [1.807, 2.05) is 6.07 Å². The topological polar surface area (TPSA) is 17.1 Å². The minimum absolute atomic E-state index is 0.0163. The zero-order chi connectivity index (χ0) is 7.56. The lowest BCUT2D eigenvalue weighted by Gasteiger charge is -1.85. The molecule has 0 aliphatic carbocycles. The van der Waals surface area contributed by atoms with E-state index in [2.05, 4.69) is 15.9 Å². The van der Waals surface area contributed by atoms with Crippen molar-refractivity contribution in [3.63, 3.8) is 0 Å². The van der Waals surface area contributed by atoms with Crippen molar-refractivity contribution >= 4 is 44.7 Å². The molecular formula is C6H4BrClOS. The summed E-state index contributed by atoms with van der Waals surface area (Å²) in [4.78, 5) is 11.6. The second kappa shape index (κ2) is 3.51. The molecule has 0 fully saturated rings. The van der Waals surface area contributed by atoms with Crippen LogP contribution in [0.5, 0.6) is 0 Å². The molecule has 4 heteroatoms. The van der Waals surface area contributed by atoms with E-state index >= 15 is 0 Å². The van der Waals surface area contributed by atoms with Crippen LogP contribution in [0.3, 0.4) is 0 Å². The maximum absolute atomic E-state index is 10.9. The predicted molar refractivity (Wildman–Crippen MR) is 47.1 cm³/mol. The minimum atomic E-state index is -0.0163. The summed E-state index contributed by atoms with van der Waals surface area (Å²) in [5, 5.41) is 0. The quantitative estimate of drug-likeness (QED) is 0.573. The molecule has 1 aromatic heterocycles. The van der Waals surface area contributed by atoms with Gasteiger partial charge in [0, 0.05) is 0 Å². The number of carbonyl (C=O) groups excluding carboxylic acids is 1. The summed E-state index contributed by atoms with van der Waals surface area (Å²) in [6.07, 6.45) is 0. The number of rotatable bonds is 2. The second-order valence-electron chi connectivity index (χ2n) is 1.66. The molecule has 0 aliphatic rings. The predicted octanol–water partition coefficient (Wildman–Crippen LogP) is 2.93. The van der Waals surface area contributed by atoms with Crippen molar-refractivity contribution in [1.29, 1.82) is 0 Å². The van der Waals surface area contributed by atoms with Gasteiger partial charge in [0.1, 0.15) is 0 Å². The Balaban J connectivity index is 2.85. The molecule has 0 bridgehead atoms. The van der Waals surface area contributed by atoms with Gasteiger partial charge in [0.05, 0.1) is 14.5 Å². The van der Waals surface area contributed by atoms with Crippen LogP contribution in [0.2, 0.25) is 0 Å². The highest BCUT2D eigenvalue weighted by atomic mass is 79.9. The number of ketones is 1. The van der Waals surface area contributed by atoms with Gasteiger partial charge in [0.15, 0.2) is 5.78 Å². The molecule has 0 aliphatic heterocycles. The highest BCUT2D eigenvalue weighted by molar-refractivity contribution is 9.11. The van der Waals surface area contributed by atoms with Gasteiger partial charge < -0.3 is 0 Å². The van der Waals surface area contributed by atoms with Crippen LogP contribution in [-0.2, 0) is 0 Å². The van der Waals surface area contributed by atoms with Crippen LogP contribution in [0.1, 0.15) is 9.67 Å². The van der Waals surface area contributed by atoms with Crippen LogP contribution in [0.4, 0.5) is 0 Å². The summed E-state index contributed by atoms with van der Waals surface area (Å²) in [5.74, 6) is 0.0461. The van der Waals surface area contributed by atoms with Crippen LogP contribution < -0.4 is 0 Å². The summed E-state index contributed by atoms with van der Waals surface area (Å²) >= 11 is 9.99. The molecule has 10 heavy (non-hydrogen) atoms. The summed E-state index contributed by atoms with van der Waals surface area (Å²) in [5.41, 5.74) is 0. The number of hydrogen-bond acceptors (Lipinski definition) is 2. The van der Waals surface area contributed by atoms with Crippen LogP contribution in [0.25, 0.3) is 0 Å². The molecule has 0 N–H and O–H groups in total. The van der Waals surface area contributed by atoms with Crippen molar-refractivity contribution in [2.24, 2.45) is 0 Å². The lowest BCUT2D eigenvalue weighted by atomic mass is 10.4. The number of Topliss-reactive ketones (excluding diaryl/α,β-unsaturated/α-hetero) is 1. The standard InChI is InChI=1S/C6H4BrClOS/c7-6-2-1-5(10-6)4(9)3-8/h1-2H,3H2. The average molecular weight is 240 g/mol. The van der Waals surface area contributed by atoms with Gasteiger partial charge in [-0.1, -0.05) is 0 Å². The Morgan fingerprint density at radius 3 is 2.80 bits per heavy atom. The lowest BCUT2D eigenvalue weighted by Crippen LogP contribution is -1.95. The van der Waals surface area contributed by atoms with E-state index in [4.69, 9.17) is 11.6 Å². The fourth-order valence-corrected chi connectivity index (χ4v) is 2.08. The minimum Gasteiger partial charge on any atom is -0.292 e. The molecule has 0 saturated heterocycles. The molecule has 54 valence electrons. The molecule has 0 spiro atoms. The Hall–Kier alpha value is 0.140. The molecule has 0 aromatic carbocycles. The number of thiophene rings is 1. The van der Waals surface area contributed by atoms with Gasteiger partial charge >= 0.3 is 0 Å². The molecule has 0 radical (unpaired) electrons. The van der Waals surface area contributed by atoms with Crippen molar-refractivity contribution < 1.29 is 4.79 Å². The summed E-state index contributed by atoms with van der Waals surface area (Å²) in [6.45, 7) is 0. The molecule has 1 rings (SSSR count). The van der Waals surface area contributed by atoms with Crippen LogP contribution in [0, 0.1) is 0 Å². The van der Waals surface area contributed by atoms with E-state index < -0.39 is 0 Å². The number of carbonyl (C=O) groups is 1. The van der Waals surface area contributed by atoms with Crippen LogP contribution in [0.15, 0.2) is 15.9 Å². The highest BCUT2D eigenvalue weighted by Crippen LogP contribution is 2.22. The van der Waals surface area contributed by atoms with Crippen molar-refractivity contribution in [3.8, 4) is 0 Å². The van der Waals surface area contributed by atoms with Gasteiger partial charge in [-0.05, 0) is 28.1 Å². The third-order valence-corrected chi connectivity index (χ3v) is 2.88. The molecule has 1 heterocycles. The summed E-state index contributed by atoms with van der Waals surface area (Å²) in [7, 11) is 0. The van der Waals surface area contributed by atoms with Crippen molar-refractivity contribution in [2.45, 2.75) is 0 Å². The first kappa shape index (κ1) is 8.24. The summed E-state index contributed by atoms with van der Waals surface area (Å²) in [6, 6.07) is 3.60. The number of halogens is 2. The zero-order valence-electron chi connectivity index (χ0n) is 4.93. The monoisotopic (exact) mass is 238 g/mol. The SMILES string of the molecule is O=C(CCl)c1ccc(Br)s1. The second-order valence-corrected chi connectivity index (χ2v) is 4.39. The third-order valence-electron chi connectivity index (χ3n) is 0.969. The lowest BCUT2D eigenvalue weighted by molar-refractivity contribution is 0.102. The normalized spacial score (nSPS) is 9.80. The smallest absolute Gasteiger partial charge is 0.187 e. The number of hydrogen-bond donors (Lipinski definition) is 0. The fourth-order valence-electron chi connectivity index (χ4n) is 0.530. The van der Waals surface area contributed by atoms with Crippen LogP contribution >= 0.6 is 38.9 Å². The molecule has 1 nitrogen and oxygen atoms in total. The van der Waals surface area contributed by atoms with Gasteiger partial charge in [0.25, 0.3) is 0 Å². The van der Waals surface area contributed by atoms with Gasteiger partial charge in [0.2, 0.25) is 0 Å². The van der Waals surface area contributed by atoms with Gasteiger partial charge in [-0.15, -0.1) is 22.9 Å². The number of alkyl halides is 1. The van der Waals surface area contributed by atoms with E-state index in [-0.39, 0.29) is 11.7 Å². The Kier molecular flexibility index (Phi) is 2.89. The molecule has 0 amide bonds. The largest absolute Gasteiger partial charge is 0.292 e. The molecule has 1 aromatic rings. The third kappa shape index (κ3) is 1.81. The summed E-state index contributed by atoms with van der Waals surface area (Å²) < 4.78 is 0.959. The van der Waals surface area contributed by atoms with Gasteiger partial charge in [-0.2, -0.15) is 0 Å².